The summed E-state index contributed by atoms with van der Waals surface area (Å²) in [6.45, 7) is 8.78. The molecule has 0 amide bonds. The summed E-state index contributed by atoms with van der Waals surface area (Å²) in [6, 6.07) is 9.36. The van der Waals surface area contributed by atoms with Crippen molar-refractivity contribution in [2.24, 2.45) is 5.92 Å². The first-order valence-corrected chi connectivity index (χ1v) is 7.40. The van der Waals surface area contributed by atoms with Gasteiger partial charge in [-0.05, 0) is 12.2 Å². The van der Waals surface area contributed by atoms with E-state index in [9.17, 15) is 4.79 Å². The zero-order valence-electron chi connectivity index (χ0n) is 12.7. The van der Waals surface area contributed by atoms with Gasteiger partial charge in [-0.25, -0.2) is 0 Å². The number of carbonyl (C=O) groups excluding carboxylic acids is 1. The summed E-state index contributed by atoms with van der Waals surface area (Å²) in [4.78, 5) is 12.5. The normalized spacial score (nSPS) is 16.4. The third kappa shape index (κ3) is 3.91. The van der Waals surface area contributed by atoms with Crippen molar-refractivity contribution in [1.82, 2.24) is 10.6 Å². The molecular formula is C19H22N2O. The molecule has 3 heteroatoms. The Morgan fingerprint density at radius 1 is 1.05 bits per heavy atom. The first-order chi connectivity index (χ1) is 10.7. The van der Waals surface area contributed by atoms with E-state index in [4.69, 9.17) is 0 Å². The highest BCUT2D eigenvalue weighted by Crippen LogP contribution is 2.20. The van der Waals surface area contributed by atoms with Gasteiger partial charge in [0, 0.05) is 18.7 Å². The largest absolute Gasteiger partial charge is 0.293 e. The van der Waals surface area contributed by atoms with Crippen LogP contribution in [0.25, 0.3) is 0 Å². The number of allylic oxidation sites excluding steroid dienone is 2. The fourth-order valence-corrected chi connectivity index (χ4v) is 2.38. The molecule has 0 fully saturated rings. The van der Waals surface area contributed by atoms with Gasteiger partial charge in [0.2, 0.25) is 0 Å². The smallest absolute Gasteiger partial charge is 0.173 e. The summed E-state index contributed by atoms with van der Waals surface area (Å²) in [5.41, 5.74) is 0.267. The van der Waals surface area contributed by atoms with E-state index >= 15 is 0 Å². The molecule has 114 valence electrons. The number of hydrogen-bond acceptors (Lipinski definition) is 3. The fourth-order valence-electron chi connectivity index (χ4n) is 2.38. The van der Waals surface area contributed by atoms with Gasteiger partial charge in [-0.3, -0.25) is 15.4 Å². The van der Waals surface area contributed by atoms with E-state index in [2.05, 4.69) is 23.8 Å². The topological polar surface area (TPSA) is 41.1 Å². The Labute approximate surface area is 132 Å². The minimum absolute atomic E-state index is 0.106. The lowest BCUT2D eigenvalue weighted by Gasteiger charge is -2.32. The summed E-state index contributed by atoms with van der Waals surface area (Å²) in [5.74, 6) is -0.124. The number of nitrogens with one attached hydrogen (secondary N) is 2. The highest BCUT2D eigenvalue weighted by atomic mass is 16.1. The van der Waals surface area contributed by atoms with Gasteiger partial charge < -0.3 is 0 Å². The van der Waals surface area contributed by atoms with Gasteiger partial charge in [0.05, 0.1) is 5.92 Å². The molecule has 0 heterocycles. The Balaban J connectivity index is 2.12. The van der Waals surface area contributed by atoms with Gasteiger partial charge in [-0.15, -0.1) is 13.2 Å². The van der Waals surface area contributed by atoms with Gasteiger partial charge >= 0.3 is 0 Å². The van der Waals surface area contributed by atoms with E-state index in [1.807, 2.05) is 54.6 Å². The SMILES string of the molecule is C=CCNC1(NCC=C)C=CC(C(=O)c2ccccc2)C=C1. The lowest BCUT2D eigenvalue weighted by molar-refractivity contribution is 0.0963. The van der Waals surface area contributed by atoms with Gasteiger partial charge in [0.1, 0.15) is 5.66 Å². The minimum Gasteiger partial charge on any atom is -0.293 e. The Hall–Kier alpha value is -2.23. The number of benzene rings is 1. The molecule has 0 saturated carbocycles. The van der Waals surface area contributed by atoms with Gasteiger partial charge in [0.25, 0.3) is 0 Å². The van der Waals surface area contributed by atoms with Crippen LogP contribution in [-0.2, 0) is 0 Å². The standard InChI is InChI=1S/C19H22N2O/c1-3-14-20-19(21-15-4-2)12-10-17(11-13-19)18(22)16-8-6-5-7-9-16/h3-13,17,20-21H,1-2,14-15H2. The van der Waals surface area contributed by atoms with E-state index in [0.29, 0.717) is 13.1 Å². The molecule has 0 unspecified atom stereocenters. The number of carbonyl (C=O) groups is 1. The molecule has 22 heavy (non-hydrogen) atoms. The molecule has 1 aromatic rings. The highest BCUT2D eigenvalue weighted by molar-refractivity contribution is 6.00. The minimum atomic E-state index is -0.462. The predicted octanol–water partition coefficient (Wildman–Crippen LogP) is 2.86. The van der Waals surface area contributed by atoms with E-state index < -0.39 is 5.66 Å². The molecule has 1 aromatic carbocycles. The zero-order valence-corrected chi connectivity index (χ0v) is 12.7. The van der Waals surface area contributed by atoms with Gasteiger partial charge in [-0.2, -0.15) is 0 Å². The van der Waals surface area contributed by atoms with Crippen molar-refractivity contribution in [3.05, 3.63) is 85.5 Å². The zero-order chi connectivity index (χ0) is 15.8. The molecule has 2 N–H and O–H groups in total. The van der Waals surface area contributed by atoms with E-state index in [1.165, 1.54) is 0 Å². The molecule has 1 aliphatic carbocycles. The number of rotatable bonds is 8. The van der Waals surface area contributed by atoms with Crippen molar-refractivity contribution in [3.8, 4) is 0 Å². The second-order valence-corrected chi connectivity index (χ2v) is 5.18. The average Bonchev–Trinajstić information content (AvgIpc) is 2.59. The summed E-state index contributed by atoms with van der Waals surface area (Å²) in [7, 11) is 0. The van der Waals surface area contributed by atoms with Crippen LogP contribution >= 0.6 is 0 Å². The summed E-state index contributed by atoms with van der Waals surface area (Å²) in [6.07, 6.45) is 11.5. The summed E-state index contributed by atoms with van der Waals surface area (Å²) >= 11 is 0. The maximum Gasteiger partial charge on any atom is 0.173 e. The number of ketones is 1. The van der Waals surface area contributed by atoms with Crippen LogP contribution in [0, 0.1) is 5.92 Å². The van der Waals surface area contributed by atoms with E-state index in [1.54, 1.807) is 12.2 Å². The van der Waals surface area contributed by atoms with Crippen molar-refractivity contribution >= 4 is 5.78 Å². The Kier molecular flexibility index (Phi) is 5.64. The predicted molar refractivity (Wildman–Crippen MR) is 91.7 cm³/mol. The molecule has 1 aliphatic rings. The van der Waals surface area contributed by atoms with Gasteiger partial charge in [0.15, 0.2) is 5.78 Å². The van der Waals surface area contributed by atoms with Crippen molar-refractivity contribution in [3.63, 3.8) is 0 Å². The van der Waals surface area contributed by atoms with Crippen molar-refractivity contribution in [2.75, 3.05) is 13.1 Å². The fraction of sp³-hybridized carbons (Fsp3) is 0.211. The lowest BCUT2D eigenvalue weighted by atomic mass is 9.90. The molecule has 0 radical (unpaired) electrons. The monoisotopic (exact) mass is 294 g/mol. The van der Waals surface area contributed by atoms with Crippen LogP contribution in [-0.4, -0.2) is 24.5 Å². The molecule has 0 saturated heterocycles. The summed E-state index contributed by atoms with van der Waals surface area (Å²) in [5, 5.41) is 6.71. The third-order valence-electron chi connectivity index (χ3n) is 3.57. The molecule has 0 spiro atoms. The van der Waals surface area contributed by atoms with Crippen molar-refractivity contribution < 1.29 is 4.79 Å². The van der Waals surface area contributed by atoms with Crippen LogP contribution in [0.5, 0.6) is 0 Å². The van der Waals surface area contributed by atoms with Crippen molar-refractivity contribution in [1.29, 1.82) is 0 Å². The van der Waals surface area contributed by atoms with Gasteiger partial charge in [-0.1, -0.05) is 54.6 Å². The summed E-state index contributed by atoms with van der Waals surface area (Å²) < 4.78 is 0. The number of Topliss-reactive ketones (excluding diaryl/α,β-unsaturated/α-hetero) is 1. The maximum atomic E-state index is 12.5. The van der Waals surface area contributed by atoms with Crippen LogP contribution in [0.3, 0.4) is 0 Å². The van der Waals surface area contributed by atoms with E-state index in [0.717, 1.165) is 5.56 Å². The molecule has 0 aliphatic heterocycles. The molecule has 0 aromatic heterocycles. The van der Waals surface area contributed by atoms with E-state index in [-0.39, 0.29) is 11.7 Å². The average molecular weight is 294 g/mol. The molecule has 3 nitrogen and oxygen atoms in total. The second kappa shape index (κ2) is 7.69. The van der Waals surface area contributed by atoms with Crippen LogP contribution < -0.4 is 10.6 Å². The van der Waals surface area contributed by atoms with Crippen LogP contribution in [0.1, 0.15) is 10.4 Å². The molecule has 2 rings (SSSR count). The third-order valence-corrected chi connectivity index (χ3v) is 3.57. The maximum absolute atomic E-state index is 12.5. The Morgan fingerprint density at radius 2 is 1.59 bits per heavy atom. The van der Waals surface area contributed by atoms with Crippen LogP contribution in [0.4, 0.5) is 0 Å². The molecule has 0 bridgehead atoms. The quantitative estimate of drug-likeness (QED) is 0.440. The second-order valence-electron chi connectivity index (χ2n) is 5.18. The highest BCUT2D eigenvalue weighted by Gasteiger charge is 2.27. The van der Waals surface area contributed by atoms with Crippen LogP contribution in [0.15, 0.2) is 79.9 Å². The lowest BCUT2D eigenvalue weighted by Crippen LogP contribution is -2.55. The first-order valence-electron chi connectivity index (χ1n) is 7.40. The molecule has 0 atom stereocenters. The Bertz CT molecular complexity index is 559. The van der Waals surface area contributed by atoms with Crippen molar-refractivity contribution in [2.45, 2.75) is 5.66 Å². The van der Waals surface area contributed by atoms with Crippen LogP contribution in [0.2, 0.25) is 0 Å². The Morgan fingerprint density at radius 3 is 2.09 bits per heavy atom. The first kappa shape index (κ1) is 16.1. The molecular weight excluding hydrogens is 272 g/mol. The number of hydrogen-bond donors (Lipinski definition) is 2.